The number of hydrogen-bond acceptors (Lipinski definition) is 5. The van der Waals surface area contributed by atoms with E-state index in [0.717, 1.165) is 5.56 Å². The quantitative estimate of drug-likeness (QED) is 0.907. The fraction of sp³-hybridized carbons (Fsp3) is 0.526. The zero-order valence-corrected chi connectivity index (χ0v) is 14.8. The average molecular weight is 347 g/mol. The summed E-state index contributed by atoms with van der Waals surface area (Å²) in [7, 11) is 0. The first-order valence-electron chi connectivity index (χ1n) is 8.53. The number of benzene rings is 1. The van der Waals surface area contributed by atoms with E-state index in [2.05, 4.69) is 0 Å². The Hall–Kier alpha value is -2.05. The molecule has 2 aliphatic rings. The van der Waals surface area contributed by atoms with E-state index in [4.69, 9.17) is 14.2 Å². The zero-order chi connectivity index (χ0) is 18.0. The van der Waals surface area contributed by atoms with E-state index in [0.29, 0.717) is 12.2 Å². The van der Waals surface area contributed by atoms with E-state index in [1.165, 1.54) is 0 Å². The minimum atomic E-state index is -0.542. The van der Waals surface area contributed by atoms with Crippen LogP contribution in [-0.4, -0.2) is 47.2 Å². The molecule has 136 valence electrons. The molecule has 1 saturated heterocycles. The van der Waals surface area contributed by atoms with Crippen molar-refractivity contribution >= 4 is 6.09 Å². The second-order valence-electron chi connectivity index (χ2n) is 7.28. The lowest BCUT2D eigenvalue weighted by molar-refractivity contribution is -0.104. The summed E-state index contributed by atoms with van der Waals surface area (Å²) in [5.74, 6) is 0.414. The molecular weight excluding hydrogens is 322 g/mol. The van der Waals surface area contributed by atoms with Crippen LogP contribution in [0.4, 0.5) is 4.79 Å². The molecule has 2 aliphatic heterocycles. The van der Waals surface area contributed by atoms with Gasteiger partial charge in [0.05, 0.1) is 17.7 Å². The number of rotatable bonds is 4. The third kappa shape index (κ3) is 4.14. The maximum Gasteiger partial charge on any atom is 0.413 e. The minimum absolute atomic E-state index is 0.216. The third-order valence-corrected chi connectivity index (χ3v) is 4.16. The van der Waals surface area contributed by atoms with E-state index in [1.54, 1.807) is 11.0 Å². The van der Waals surface area contributed by atoms with Gasteiger partial charge in [-0.3, -0.25) is 4.90 Å². The SMILES string of the molecule is CC(C)(C)O[C@H]1C=C(CO)O[C@@H](N2C(=O)OC[C@H]2c2ccccc2)C1. The summed E-state index contributed by atoms with van der Waals surface area (Å²) in [5, 5.41) is 9.53. The highest BCUT2D eigenvalue weighted by Gasteiger charge is 2.43. The number of carbonyl (C=O) groups excluding carboxylic acids is 1. The molecule has 0 aromatic heterocycles. The third-order valence-electron chi connectivity index (χ3n) is 4.16. The monoisotopic (exact) mass is 347 g/mol. The van der Waals surface area contributed by atoms with Gasteiger partial charge in [0.2, 0.25) is 0 Å². The van der Waals surface area contributed by atoms with Crippen LogP contribution < -0.4 is 0 Å². The molecule has 6 heteroatoms. The Balaban J connectivity index is 1.83. The first-order valence-corrected chi connectivity index (χ1v) is 8.53. The number of nitrogens with zero attached hydrogens (tertiary/aromatic N) is 1. The molecule has 1 aromatic carbocycles. The number of aliphatic hydroxyl groups excluding tert-OH is 1. The number of carbonyl (C=O) groups is 1. The molecule has 0 spiro atoms. The molecule has 0 radical (unpaired) electrons. The number of ether oxygens (including phenoxy) is 3. The molecule has 1 fully saturated rings. The summed E-state index contributed by atoms with van der Waals surface area (Å²) in [6, 6.07) is 9.52. The molecule has 0 aliphatic carbocycles. The van der Waals surface area contributed by atoms with Gasteiger partial charge in [0, 0.05) is 6.42 Å². The van der Waals surface area contributed by atoms with Gasteiger partial charge in [0.15, 0.2) is 6.23 Å². The van der Waals surface area contributed by atoms with Crippen LogP contribution in [0.25, 0.3) is 0 Å². The molecule has 25 heavy (non-hydrogen) atoms. The van der Waals surface area contributed by atoms with Crippen molar-refractivity contribution in [2.75, 3.05) is 13.2 Å². The molecule has 0 bridgehead atoms. The van der Waals surface area contributed by atoms with Crippen molar-refractivity contribution in [1.82, 2.24) is 4.90 Å². The predicted octanol–water partition coefficient (Wildman–Crippen LogP) is 2.99. The first kappa shape index (κ1) is 17.8. The van der Waals surface area contributed by atoms with Crippen LogP contribution in [-0.2, 0) is 14.2 Å². The van der Waals surface area contributed by atoms with E-state index in [-0.39, 0.29) is 31.0 Å². The number of cyclic esters (lactones) is 1. The summed E-state index contributed by atoms with van der Waals surface area (Å²) in [6.07, 6.45) is 1.07. The van der Waals surface area contributed by atoms with E-state index in [9.17, 15) is 9.90 Å². The Labute approximate surface area is 148 Å². The maximum atomic E-state index is 12.3. The second-order valence-corrected chi connectivity index (χ2v) is 7.28. The van der Waals surface area contributed by atoms with Crippen molar-refractivity contribution in [2.24, 2.45) is 0 Å². The molecule has 0 saturated carbocycles. The average Bonchev–Trinajstić information content (AvgIpc) is 2.95. The van der Waals surface area contributed by atoms with Crippen LogP contribution >= 0.6 is 0 Å². The predicted molar refractivity (Wildman–Crippen MR) is 91.7 cm³/mol. The first-order chi connectivity index (χ1) is 11.9. The topological polar surface area (TPSA) is 68.2 Å². The fourth-order valence-electron chi connectivity index (χ4n) is 3.22. The Morgan fingerprint density at radius 1 is 1.28 bits per heavy atom. The molecule has 3 rings (SSSR count). The van der Waals surface area contributed by atoms with Gasteiger partial charge in [-0.2, -0.15) is 0 Å². The molecule has 0 unspecified atom stereocenters. The fourth-order valence-corrected chi connectivity index (χ4v) is 3.22. The molecule has 1 amide bonds. The Morgan fingerprint density at radius 3 is 2.64 bits per heavy atom. The van der Waals surface area contributed by atoms with Crippen molar-refractivity contribution in [1.29, 1.82) is 0 Å². The summed E-state index contributed by atoms with van der Waals surface area (Å²) in [5.41, 5.74) is 0.652. The van der Waals surface area contributed by atoms with Crippen molar-refractivity contribution < 1.29 is 24.1 Å². The lowest BCUT2D eigenvalue weighted by atomic mass is 10.0. The van der Waals surface area contributed by atoms with Gasteiger partial charge in [0.25, 0.3) is 0 Å². The van der Waals surface area contributed by atoms with Gasteiger partial charge in [0.1, 0.15) is 19.0 Å². The van der Waals surface area contributed by atoms with E-state index >= 15 is 0 Å². The highest BCUT2D eigenvalue weighted by atomic mass is 16.6. The molecule has 1 aromatic rings. The van der Waals surface area contributed by atoms with Crippen LogP contribution in [0.2, 0.25) is 0 Å². The molecule has 1 N–H and O–H groups in total. The van der Waals surface area contributed by atoms with Gasteiger partial charge >= 0.3 is 6.09 Å². The second kappa shape index (κ2) is 7.06. The van der Waals surface area contributed by atoms with Crippen LogP contribution in [0.5, 0.6) is 0 Å². The lowest BCUT2D eigenvalue weighted by Gasteiger charge is -2.38. The summed E-state index contributed by atoms with van der Waals surface area (Å²) in [6.45, 7) is 5.97. The van der Waals surface area contributed by atoms with Crippen LogP contribution in [0.3, 0.4) is 0 Å². The van der Waals surface area contributed by atoms with Crippen molar-refractivity contribution in [3.8, 4) is 0 Å². The molecular formula is C19H25NO5. The summed E-state index contributed by atoms with van der Waals surface area (Å²) < 4.78 is 17.1. The smallest absolute Gasteiger partial charge is 0.413 e. The van der Waals surface area contributed by atoms with E-state index < -0.39 is 12.3 Å². The van der Waals surface area contributed by atoms with Gasteiger partial charge in [-0.1, -0.05) is 30.3 Å². The number of amides is 1. The van der Waals surface area contributed by atoms with Crippen molar-refractivity contribution in [2.45, 2.75) is 51.2 Å². The Kier molecular flexibility index (Phi) is 5.01. The molecule has 3 atom stereocenters. The van der Waals surface area contributed by atoms with Crippen molar-refractivity contribution in [3.05, 3.63) is 47.7 Å². The van der Waals surface area contributed by atoms with Crippen LogP contribution in [0.15, 0.2) is 42.2 Å². The Morgan fingerprint density at radius 2 is 2.00 bits per heavy atom. The van der Waals surface area contributed by atoms with Gasteiger partial charge < -0.3 is 19.3 Å². The highest BCUT2D eigenvalue weighted by molar-refractivity contribution is 5.71. The number of hydrogen-bond donors (Lipinski definition) is 1. The molecule has 6 nitrogen and oxygen atoms in total. The standard InChI is InChI=1S/C19H25NO5/c1-19(2,3)25-14-9-15(11-21)24-17(10-14)20-16(12-23-18(20)22)13-7-5-4-6-8-13/h4-9,14,16-17,21H,10-12H2,1-3H3/t14-,16-,17+/m0/s1. The van der Waals surface area contributed by atoms with Crippen LogP contribution in [0.1, 0.15) is 38.8 Å². The molecule has 2 heterocycles. The number of aliphatic hydroxyl groups is 1. The van der Waals surface area contributed by atoms with Gasteiger partial charge in [-0.15, -0.1) is 0 Å². The minimum Gasteiger partial charge on any atom is -0.472 e. The largest absolute Gasteiger partial charge is 0.472 e. The van der Waals surface area contributed by atoms with Crippen LogP contribution in [0, 0.1) is 0 Å². The Bertz CT molecular complexity index is 637. The van der Waals surface area contributed by atoms with Gasteiger partial charge in [-0.25, -0.2) is 4.79 Å². The normalized spacial score (nSPS) is 26.9. The lowest BCUT2D eigenvalue weighted by Crippen LogP contribution is -2.45. The van der Waals surface area contributed by atoms with Gasteiger partial charge in [-0.05, 0) is 32.4 Å². The van der Waals surface area contributed by atoms with E-state index in [1.807, 2.05) is 51.1 Å². The highest BCUT2D eigenvalue weighted by Crippen LogP contribution is 2.35. The zero-order valence-electron chi connectivity index (χ0n) is 14.8. The van der Waals surface area contributed by atoms with Crippen molar-refractivity contribution in [3.63, 3.8) is 0 Å². The summed E-state index contributed by atoms with van der Waals surface area (Å²) >= 11 is 0. The summed E-state index contributed by atoms with van der Waals surface area (Å²) in [4.78, 5) is 14.0. The maximum absolute atomic E-state index is 12.3.